The predicted molar refractivity (Wildman–Crippen MR) is 63.0 cm³/mol. The molecule has 19 heavy (non-hydrogen) atoms. The second-order valence-corrected chi connectivity index (χ2v) is 5.71. The standard InChI is InChI=1S/C9H10ClF3N2O3S/c10-5-1-4(14)2-7(8(5)11)19(17,18)15-3-6(16)9(12)13/h1-2,6,9,15-16H,3,14H2. The number of halogens is 4. The highest BCUT2D eigenvalue weighted by Crippen LogP contribution is 2.25. The van der Waals surface area contributed by atoms with Gasteiger partial charge < -0.3 is 10.8 Å². The van der Waals surface area contributed by atoms with E-state index in [4.69, 9.17) is 22.4 Å². The van der Waals surface area contributed by atoms with Crippen molar-refractivity contribution >= 4 is 27.3 Å². The van der Waals surface area contributed by atoms with Crippen LogP contribution in [0.1, 0.15) is 0 Å². The number of anilines is 1. The summed E-state index contributed by atoms with van der Waals surface area (Å²) >= 11 is 5.42. The van der Waals surface area contributed by atoms with Gasteiger partial charge >= 0.3 is 0 Å². The Morgan fingerprint density at radius 3 is 2.53 bits per heavy atom. The number of alkyl halides is 2. The highest BCUT2D eigenvalue weighted by Gasteiger charge is 2.25. The van der Waals surface area contributed by atoms with Crippen LogP contribution >= 0.6 is 11.6 Å². The maximum atomic E-state index is 13.5. The van der Waals surface area contributed by atoms with E-state index in [1.807, 2.05) is 0 Å². The number of aliphatic hydroxyl groups excluding tert-OH is 1. The maximum absolute atomic E-state index is 13.5. The van der Waals surface area contributed by atoms with E-state index in [2.05, 4.69) is 0 Å². The SMILES string of the molecule is Nc1cc(Cl)c(F)c(S(=O)(=O)NCC(O)C(F)F)c1. The Hall–Kier alpha value is -1.03. The number of hydrogen-bond acceptors (Lipinski definition) is 4. The van der Waals surface area contributed by atoms with E-state index in [9.17, 15) is 21.6 Å². The van der Waals surface area contributed by atoms with Crippen LogP contribution in [-0.4, -0.2) is 32.6 Å². The molecule has 0 fully saturated rings. The molecular weight excluding hydrogens is 309 g/mol. The Morgan fingerprint density at radius 2 is 2.00 bits per heavy atom. The van der Waals surface area contributed by atoms with E-state index in [1.165, 1.54) is 0 Å². The summed E-state index contributed by atoms with van der Waals surface area (Å²) in [5.74, 6) is -1.25. The zero-order valence-corrected chi connectivity index (χ0v) is 10.9. The van der Waals surface area contributed by atoms with E-state index in [0.717, 1.165) is 12.1 Å². The number of hydrogen-bond donors (Lipinski definition) is 3. The lowest BCUT2D eigenvalue weighted by atomic mass is 10.3. The fourth-order valence-electron chi connectivity index (χ4n) is 1.14. The number of aliphatic hydroxyl groups is 1. The normalized spacial score (nSPS) is 13.8. The Balaban J connectivity index is 3.01. The summed E-state index contributed by atoms with van der Waals surface area (Å²) in [6.07, 6.45) is -5.33. The number of nitrogens with one attached hydrogen (secondary N) is 1. The molecule has 1 aromatic rings. The molecule has 4 N–H and O–H groups in total. The number of nitrogen functional groups attached to an aromatic ring is 1. The van der Waals surface area contributed by atoms with Gasteiger partial charge in [-0.25, -0.2) is 26.3 Å². The molecule has 0 aliphatic carbocycles. The lowest BCUT2D eigenvalue weighted by Gasteiger charge is -2.12. The van der Waals surface area contributed by atoms with Crippen LogP contribution in [0.5, 0.6) is 0 Å². The van der Waals surface area contributed by atoms with Crippen molar-refractivity contribution < 1.29 is 26.7 Å². The largest absolute Gasteiger partial charge is 0.399 e. The zero-order chi connectivity index (χ0) is 14.8. The van der Waals surface area contributed by atoms with Crippen molar-refractivity contribution in [3.05, 3.63) is 23.0 Å². The Bertz CT molecular complexity index is 568. The lowest BCUT2D eigenvalue weighted by Crippen LogP contribution is -2.36. The van der Waals surface area contributed by atoms with Crippen LogP contribution < -0.4 is 10.5 Å². The molecule has 0 heterocycles. The van der Waals surface area contributed by atoms with Gasteiger partial charge in [-0.15, -0.1) is 0 Å². The smallest absolute Gasteiger partial charge is 0.265 e. The molecule has 0 aromatic heterocycles. The van der Waals surface area contributed by atoms with Gasteiger partial charge in [0, 0.05) is 12.2 Å². The van der Waals surface area contributed by atoms with E-state index in [1.54, 1.807) is 4.72 Å². The zero-order valence-electron chi connectivity index (χ0n) is 9.28. The molecule has 10 heteroatoms. The second kappa shape index (κ2) is 5.95. The molecule has 0 radical (unpaired) electrons. The highest BCUT2D eigenvalue weighted by molar-refractivity contribution is 7.89. The molecule has 1 rings (SSSR count). The van der Waals surface area contributed by atoms with Crippen LogP contribution in [0.25, 0.3) is 0 Å². The summed E-state index contributed by atoms with van der Waals surface area (Å²) in [6.45, 7) is -0.966. The molecule has 1 atom stereocenters. The van der Waals surface area contributed by atoms with E-state index < -0.39 is 44.8 Å². The van der Waals surface area contributed by atoms with Crippen molar-refractivity contribution in [2.75, 3.05) is 12.3 Å². The van der Waals surface area contributed by atoms with Gasteiger partial charge in [0.1, 0.15) is 11.0 Å². The lowest BCUT2D eigenvalue weighted by molar-refractivity contribution is -0.000456. The first-order valence-corrected chi connectivity index (χ1v) is 6.71. The van der Waals surface area contributed by atoms with Crippen molar-refractivity contribution in [1.82, 2.24) is 4.72 Å². The summed E-state index contributed by atoms with van der Waals surface area (Å²) in [4.78, 5) is -0.876. The van der Waals surface area contributed by atoms with Gasteiger partial charge in [-0.3, -0.25) is 0 Å². The average Bonchev–Trinajstić information content (AvgIpc) is 2.30. The minimum atomic E-state index is -4.45. The van der Waals surface area contributed by atoms with Crippen molar-refractivity contribution in [1.29, 1.82) is 0 Å². The van der Waals surface area contributed by atoms with Gasteiger partial charge in [0.05, 0.1) is 5.02 Å². The third-order valence-corrected chi connectivity index (χ3v) is 3.78. The van der Waals surface area contributed by atoms with Crippen molar-refractivity contribution in [2.45, 2.75) is 17.4 Å². The van der Waals surface area contributed by atoms with Crippen molar-refractivity contribution in [2.24, 2.45) is 0 Å². The monoisotopic (exact) mass is 318 g/mol. The molecule has 0 amide bonds. The van der Waals surface area contributed by atoms with E-state index >= 15 is 0 Å². The van der Waals surface area contributed by atoms with Crippen LogP contribution in [0.2, 0.25) is 5.02 Å². The van der Waals surface area contributed by atoms with Crippen molar-refractivity contribution in [3.63, 3.8) is 0 Å². The molecular formula is C9H10ClF3N2O3S. The number of sulfonamides is 1. The summed E-state index contributed by atoms with van der Waals surface area (Å²) in [7, 11) is -4.45. The molecule has 0 spiro atoms. The van der Waals surface area contributed by atoms with Gasteiger partial charge in [-0.2, -0.15) is 0 Å². The Kier molecular flexibility index (Phi) is 5.02. The third-order valence-electron chi connectivity index (χ3n) is 2.08. The first kappa shape index (κ1) is 16.0. The number of nitrogens with two attached hydrogens (primary N) is 1. The van der Waals surface area contributed by atoms with Gasteiger partial charge in [-0.05, 0) is 12.1 Å². The number of rotatable bonds is 5. The molecule has 0 saturated carbocycles. The topological polar surface area (TPSA) is 92.4 Å². The van der Waals surface area contributed by atoms with Crippen LogP contribution in [0.15, 0.2) is 17.0 Å². The third kappa shape index (κ3) is 3.96. The summed E-state index contributed by atoms with van der Waals surface area (Å²) in [5.41, 5.74) is 5.21. The van der Waals surface area contributed by atoms with E-state index in [0.29, 0.717) is 0 Å². The molecule has 5 nitrogen and oxygen atoms in total. The van der Waals surface area contributed by atoms with Crippen LogP contribution in [-0.2, 0) is 10.0 Å². The van der Waals surface area contributed by atoms with Crippen LogP contribution in [0.3, 0.4) is 0 Å². The first-order valence-electron chi connectivity index (χ1n) is 4.85. The van der Waals surface area contributed by atoms with Crippen molar-refractivity contribution in [3.8, 4) is 0 Å². The minimum absolute atomic E-state index is 0.110. The average molecular weight is 319 g/mol. The molecule has 0 bridgehead atoms. The second-order valence-electron chi connectivity index (χ2n) is 3.57. The molecule has 108 valence electrons. The first-order chi connectivity index (χ1) is 8.65. The van der Waals surface area contributed by atoms with Gasteiger partial charge in [0.15, 0.2) is 5.82 Å². The van der Waals surface area contributed by atoms with E-state index in [-0.39, 0.29) is 5.69 Å². The molecule has 1 unspecified atom stereocenters. The molecule has 0 saturated heterocycles. The minimum Gasteiger partial charge on any atom is -0.399 e. The van der Waals surface area contributed by atoms with Crippen LogP contribution in [0.4, 0.5) is 18.9 Å². The van der Waals surface area contributed by atoms with Gasteiger partial charge in [0.25, 0.3) is 6.43 Å². The molecule has 1 aromatic carbocycles. The number of benzene rings is 1. The van der Waals surface area contributed by atoms with Crippen LogP contribution in [0, 0.1) is 5.82 Å². The highest BCUT2D eigenvalue weighted by atomic mass is 35.5. The quantitative estimate of drug-likeness (QED) is 0.705. The summed E-state index contributed by atoms with van der Waals surface area (Å²) in [6, 6.07) is 1.79. The molecule has 0 aliphatic rings. The summed E-state index contributed by atoms with van der Waals surface area (Å²) in [5, 5.41) is 8.27. The predicted octanol–water partition coefficient (Wildman–Crippen LogP) is 0.966. The fraction of sp³-hybridized carbons (Fsp3) is 0.333. The fourth-order valence-corrected chi connectivity index (χ4v) is 2.61. The van der Waals surface area contributed by atoms with Gasteiger partial charge in [-0.1, -0.05) is 11.6 Å². The Morgan fingerprint density at radius 1 is 1.42 bits per heavy atom. The Labute approximate surface area is 112 Å². The maximum Gasteiger partial charge on any atom is 0.265 e. The summed E-state index contributed by atoms with van der Waals surface area (Å²) < 4.78 is 62.5. The molecule has 0 aliphatic heterocycles. The van der Waals surface area contributed by atoms with Gasteiger partial charge in [0.2, 0.25) is 10.0 Å².